The van der Waals surface area contributed by atoms with Crippen molar-refractivity contribution < 1.29 is 9.53 Å². The number of hydrogen-bond acceptors (Lipinski definition) is 5. The maximum absolute atomic E-state index is 11.9. The molecule has 1 aliphatic carbocycles. The van der Waals surface area contributed by atoms with Gasteiger partial charge in [0.25, 0.3) is 0 Å². The van der Waals surface area contributed by atoms with Crippen molar-refractivity contribution in [3.05, 3.63) is 36.2 Å². The predicted octanol–water partition coefficient (Wildman–Crippen LogP) is 3.58. The topological polar surface area (TPSA) is 57.0 Å². The third kappa shape index (κ3) is 3.93. The molecule has 2 aromatic rings. The highest BCUT2D eigenvalue weighted by molar-refractivity contribution is 8.00. The number of para-hydroxylation sites is 1. The maximum atomic E-state index is 11.9. The predicted molar refractivity (Wildman–Crippen MR) is 89.9 cm³/mol. The summed E-state index contributed by atoms with van der Waals surface area (Å²) in [6.45, 7) is 4.28. The molecule has 1 heterocycles. The van der Waals surface area contributed by atoms with Gasteiger partial charge in [-0.15, -0.1) is 5.10 Å². The first kappa shape index (κ1) is 16.1. The van der Waals surface area contributed by atoms with E-state index in [0.717, 1.165) is 30.8 Å². The van der Waals surface area contributed by atoms with Gasteiger partial charge in [-0.1, -0.05) is 36.9 Å². The van der Waals surface area contributed by atoms with E-state index in [9.17, 15) is 4.79 Å². The molecule has 1 fully saturated rings. The Morgan fingerprint density at radius 3 is 2.78 bits per heavy atom. The van der Waals surface area contributed by atoms with E-state index >= 15 is 0 Å². The van der Waals surface area contributed by atoms with Crippen molar-refractivity contribution in [3.63, 3.8) is 0 Å². The van der Waals surface area contributed by atoms with Crippen molar-refractivity contribution in [2.75, 3.05) is 6.61 Å². The van der Waals surface area contributed by atoms with E-state index in [1.165, 1.54) is 11.8 Å². The van der Waals surface area contributed by atoms with Crippen LogP contribution in [0.3, 0.4) is 0 Å². The number of hydrogen-bond donors (Lipinski definition) is 0. The molecule has 1 aromatic heterocycles. The van der Waals surface area contributed by atoms with Crippen LogP contribution in [0.15, 0.2) is 35.5 Å². The molecule has 5 nitrogen and oxygen atoms in total. The summed E-state index contributed by atoms with van der Waals surface area (Å²) in [6, 6.07) is 10.0. The van der Waals surface area contributed by atoms with Crippen LogP contribution in [0.4, 0.5) is 0 Å². The molecule has 1 unspecified atom stereocenters. The summed E-state index contributed by atoms with van der Waals surface area (Å²) in [5.74, 6) is 1.27. The summed E-state index contributed by atoms with van der Waals surface area (Å²) in [4.78, 5) is 16.6. The molecule has 23 heavy (non-hydrogen) atoms. The fourth-order valence-corrected chi connectivity index (χ4v) is 3.00. The van der Waals surface area contributed by atoms with Gasteiger partial charge < -0.3 is 4.74 Å². The number of rotatable bonds is 7. The average Bonchev–Trinajstić information content (AvgIpc) is 3.34. The Morgan fingerprint density at radius 1 is 1.39 bits per heavy atom. The lowest BCUT2D eigenvalue weighted by Gasteiger charge is -2.08. The van der Waals surface area contributed by atoms with Gasteiger partial charge in [-0.05, 0) is 38.3 Å². The van der Waals surface area contributed by atoms with E-state index in [-0.39, 0.29) is 11.2 Å². The van der Waals surface area contributed by atoms with E-state index in [4.69, 9.17) is 4.74 Å². The molecular weight excluding hydrogens is 310 g/mol. The molecule has 3 rings (SSSR count). The summed E-state index contributed by atoms with van der Waals surface area (Å²) in [6.07, 6.45) is 3.14. The molecule has 122 valence electrons. The molecule has 6 heteroatoms. The van der Waals surface area contributed by atoms with Crippen LogP contribution in [0.2, 0.25) is 0 Å². The molecule has 0 saturated heterocycles. The third-order valence-electron chi connectivity index (χ3n) is 3.62. The van der Waals surface area contributed by atoms with Crippen LogP contribution >= 0.6 is 11.8 Å². The zero-order chi connectivity index (χ0) is 16.2. The minimum absolute atomic E-state index is 0.208. The summed E-state index contributed by atoms with van der Waals surface area (Å²) in [5, 5.41) is 4.94. The Kier molecular flexibility index (Phi) is 5.00. The van der Waals surface area contributed by atoms with Crippen LogP contribution in [0.25, 0.3) is 5.69 Å². The quantitative estimate of drug-likeness (QED) is 0.573. The monoisotopic (exact) mass is 331 g/mol. The molecule has 1 atom stereocenters. The van der Waals surface area contributed by atoms with Gasteiger partial charge in [0.2, 0.25) is 5.16 Å². The van der Waals surface area contributed by atoms with Gasteiger partial charge in [0.05, 0.1) is 12.3 Å². The van der Waals surface area contributed by atoms with Gasteiger partial charge in [0.1, 0.15) is 11.1 Å². The Hall–Kier alpha value is -1.82. The van der Waals surface area contributed by atoms with Crippen molar-refractivity contribution >= 4 is 17.7 Å². The molecule has 0 bridgehead atoms. The Labute approximate surface area is 140 Å². The highest BCUT2D eigenvalue weighted by Crippen LogP contribution is 2.40. The number of aromatic nitrogens is 3. The van der Waals surface area contributed by atoms with Gasteiger partial charge in [-0.2, -0.15) is 0 Å². The highest BCUT2D eigenvalue weighted by atomic mass is 32.2. The van der Waals surface area contributed by atoms with Crippen molar-refractivity contribution in [1.82, 2.24) is 14.8 Å². The zero-order valence-corrected chi connectivity index (χ0v) is 14.3. The molecule has 0 aliphatic heterocycles. The van der Waals surface area contributed by atoms with Gasteiger partial charge in [0, 0.05) is 5.92 Å². The van der Waals surface area contributed by atoms with Gasteiger partial charge >= 0.3 is 5.97 Å². The molecule has 1 aliphatic rings. The minimum Gasteiger partial charge on any atom is -0.465 e. The molecule has 1 aromatic carbocycles. The Balaban J connectivity index is 1.77. The second-order valence-electron chi connectivity index (χ2n) is 5.70. The number of benzene rings is 1. The van der Waals surface area contributed by atoms with Crippen LogP contribution < -0.4 is 0 Å². The SMILES string of the molecule is CCCOC(=O)C(C)Sc1nc(C2CC2)n(-c2ccccc2)n1. The fraction of sp³-hybridized carbons (Fsp3) is 0.471. The largest absolute Gasteiger partial charge is 0.465 e. The van der Waals surface area contributed by atoms with Crippen molar-refractivity contribution in [2.24, 2.45) is 0 Å². The number of carbonyl (C=O) groups is 1. The van der Waals surface area contributed by atoms with Crippen molar-refractivity contribution in [3.8, 4) is 5.69 Å². The summed E-state index contributed by atoms with van der Waals surface area (Å²) in [5.41, 5.74) is 1.01. The van der Waals surface area contributed by atoms with E-state index in [1.807, 2.05) is 48.9 Å². The molecule has 0 spiro atoms. The number of thioether (sulfide) groups is 1. The van der Waals surface area contributed by atoms with Crippen LogP contribution in [0.5, 0.6) is 0 Å². The second kappa shape index (κ2) is 7.17. The summed E-state index contributed by atoms with van der Waals surface area (Å²) >= 11 is 1.36. The Morgan fingerprint density at radius 2 is 2.13 bits per heavy atom. The van der Waals surface area contributed by atoms with Crippen LogP contribution in [-0.2, 0) is 9.53 Å². The highest BCUT2D eigenvalue weighted by Gasteiger charge is 2.31. The van der Waals surface area contributed by atoms with E-state index in [0.29, 0.717) is 17.7 Å². The molecule has 0 N–H and O–H groups in total. The number of carbonyl (C=O) groups excluding carboxylic acids is 1. The maximum Gasteiger partial charge on any atom is 0.319 e. The normalized spacial score (nSPS) is 15.4. The lowest BCUT2D eigenvalue weighted by atomic mass is 10.3. The first-order valence-electron chi connectivity index (χ1n) is 8.04. The number of ether oxygens (including phenoxy) is 1. The van der Waals surface area contributed by atoms with Crippen molar-refractivity contribution in [1.29, 1.82) is 0 Å². The second-order valence-corrected chi connectivity index (χ2v) is 7.01. The molecule has 0 radical (unpaired) electrons. The standard InChI is InChI=1S/C17H21N3O2S/c1-3-11-22-16(21)12(2)23-17-18-15(13-9-10-13)20(19-17)14-7-5-4-6-8-14/h4-8,12-13H,3,9-11H2,1-2H3. The molecule has 0 amide bonds. The average molecular weight is 331 g/mol. The van der Waals surface area contributed by atoms with Crippen LogP contribution in [0.1, 0.15) is 44.9 Å². The van der Waals surface area contributed by atoms with Gasteiger partial charge in [-0.25, -0.2) is 9.67 Å². The van der Waals surface area contributed by atoms with Crippen LogP contribution in [-0.4, -0.2) is 32.6 Å². The first-order valence-corrected chi connectivity index (χ1v) is 8.92. The number of nitrogens with zero attached hydrogens (tertiary/aromatic N) is 3. The van der Waals surface area contributed by atoms with Crippen molar-refractivity contribution in [2.45, 2.75) is 49.4 Å². The third-order valence-corrected chi connectivity index (χ3v) is 4.55. The van der Waals surface area contributed by atoms with E-state index in [1.54, 1.807) is 0 Å². The molecule has 1 saturated carbocycles. The zero-order valence-electron chi connectivity index (χ0n) is 13.4. The van der Waals surface area contributed by atoms with Crippen LogP contribution in [0, 0.1) is 0 Å². The van der Waals surface area contributed by atoms with E-state index < -0.39 is 0 Å². The van der Waals surface area contributed by atoms with Gasteiger partial charge in [0.15, 0.2) is 0 Å². The van der Waals surface area contributed by atoms with Gasteiger partial charge in [-0.3, -0.25) is 4.79 Å². The summed E-state index contributed by atoms with van der Waals surface area (Å²) in [7, 11) is 0. The smallest absolute Gasteiger partial charge is 0.319 e. The lowest BCUT2D eigenvalue weighted by Crippen LogP contribution is -2.17. The lowest BCUT2D eigenvalue weighted by molar-refractivity contribution is -0.142. The summed E-state index contributed by atoms with van der Waals surface area (Å²) < 4.78 is 7.09. The number of esters is 1. The fourth-order valence-electron chi connectivity index (χ4n) is 2.25. The Bertz CT molecular complexity index is 668. The minimum atomic E-state index is -0.305. The molecular formula is C17H21N3O2S. The first-order chi connectivity index (χ1) is 11.2. The van der Waals surface area contributed by atoms with E-state index in [2.05, 4.69) is 10.1 Å².